The lowest BCUT2D eigenvalue weighted by Crippen LogP contribution is -2.34. The maximum absolute atomic E-state index is 12.1. The summed E-state index contributed by atoms with van der Waals surface area (Å²) >= 11 is 0. The number of sulfonamides is 1. The average Bonchev–Trinajstić information content (AvgIpc) is 2.67. The van der Waals surface area contributed by atoms with Crippen molar-refractivity contribution < 1.29 is 13.2 Å². The fraction of sp³-hybridized carbons (Fsp3) is 0.130. The second-order valence-electron chi connectivity index (χ2n) is 6.49. The summed E-state index contributed by atoms with van der Waals surface area (Å²) in [5.41, 5.74) is 1.52. The third-order valence-corrected chi connectivity index (χ3v) is 5.08. The van der Waals surface area contributed by atoms with Gasteiger partial charge in [-0.25, -0.2) is 8.42 Å². The van der Waals surface area contributed by atoms with E-state index in [-0.39, 0.29) is 0 Å². The van der Waals surface area contributed by atoms with Gasteiger partial charge < -0.3 is 4.74 Å². The molecule has 3 aromatic rings. The first-order valence-corrected chi connectivity index (χ1v) is 10.8. The zero-order valence-corrected chi connectivity index (χ0v) is 16.8. The molecule has 4 nitrogen and oxygen atoms in total. The van der Waals surface area contributed by atoms with Gasteiger partial charge >= 0.3 is 0 Å². The maximum Gasteiger partial charge on any atom is 0.229 e. The lowest BCUT2D eigenvalue weighted by Gasteiger charge is -2.15. The number of benzene rings is 3. The minimum Gasteiger partial charge on any atom is -0.496 e. The van der Waals surface area contributed by atoms with Crippen molar-refractivity contribution >= 4 is 32.6 Å². The van der Waals surface area contributed by atoms with Crippen molar-refractivity contribution in [2.75, 3.05) is 13.4 Å². The predicted molar refractivity (Wildman–Crippen MR) is 116 cm³/mol. The van der Waals surface area contributed by atoms with Crippen LogP contribution in [0.3, 0.4) is 0 Å². The normalized spacial score (nSPS) is 13.3. The summed E-state index contributed by atoms with van der Waals surface area (Å²) in [6.07, 6.45) is 5.09. The van der Waals surface area contributed by atoms with Crippen molar-refractivity contribution in [1.29, 1.82) is 0 Å². The fourth-order valence-electron chi connectivity index (χ4n) is 3.32. The second-order valence-corrected chi connectivity index (χ2v) is 8.24. The summed E-state index contributed by atoms with van der Waals surface area (Å²) < 4.78 is 32.5. The lowest BCUT2D eigenvalue weighted by atomic mass is 9.98. The van der Waals surface area contributed by atoms with E-state index in [1.165, 1.54) is 0 Å². The van der Waals surface area contributed by atoms with E-state index >= 15 is 0 Å². The van der Waals surface area contributed by atoms with Crippen LogP contribution in [0, 0.1) is 0 Å². The molecule has 0 bridgehead atoms. The minimum absolute atomic E-state index is 0.375. The van der Waals surface area contributed by atoms with Crippen LogP contribution in [0.5, 0.6) is 5.75 Å². The van der Waals surface area contributed by atoms with Crippen LogP contribution >= 0.6 is 0 Å². The molecule has 0 aliphatic heterocycles. The van der Waals surface area contributed by atoms with Gasteiger partial charge in [0, 0.05) is 22.9 Å². The SMILES string of the molecule is C=C/C=c1/cccc/c1=C(\Cc1c(OC)ccc2ccccc12)NS(C)(=O)=O. The van der Waals surface area contributed by atoms with Gasteiger partial charge in [-0.1, -0.05) is 73.3 Å². The number of hydrogen-bond acceptors (Lipinski definition) is 3. The molecule has 0 aliphatic carbocycles. The summed E-state index contributed by atoms with van der Waals surface area (Å²) in [5.74, 6) is 0.719. The summed E-state index contributed by atoms with van der Waals surface area (Å²) in [6, 6.07) is 19.5. The Morgan fingerprint density at radius 1 is 1.07 bits per heavy atom. The highest BCUT2D eigenvalue weighted by Gasteiger charge is 2.14. The molecule has 144 valence electrons. The van der Waals surface area contributed by atoms with E-state index in [4.69, 9.17) is 4.74 Å². The van der Waals surface area contributed by atoms with Crippen LogP contribution in [0.2, 0.25) is 0 Å². The van der Waals surface area contributed by atoms with Gasteiger partial charge in [-0.2, -0.15) is 0 Å². The Morgan fingerprint density at radius 3 is 2.50 bits per heavy atom. The highest BCUT2D eigenvalue weighted by Crippen LogP contribution is 2.29. The molecule has 0 radical (unpaired) electrons. The van der Waals surface area contributed by atoms with Gasteiger partial charge in [0.15, 0.2) is 0 Å². The quantitative estimate of drug-likeness (QED) is 0.701. The molecular weight excluding hydrogens is 370 g/mol. The van der Waals surface area contributed by atoms with Crippen molar-refractivity contribution in [3.63, 3.8) is 0 Å². The first-order valence-electron chi connectivity index (χ1n) is 8.86. The van der Waals surface area contributed by atoms with Gasteiger partial charge in [0.25, 0.3) is 0 Å². The largest absolute Gasteiger partial charge is 0.496 e. The smallest absolute Gasteiger partial charge is 0.229 e. The Morgan fingerprint density at radius 2 is 1.79 bits per heavy atom. The predicted octanol–water partition coefficient (Wildman–Crippen LogP) is 2.72. The molecule has 3 aromatic carbocycles. The van der Waals surface area contributed by atoms with Gasteiger partial charge in [0.1, 0.15) is 5.75 Å². The molecule has 0 atom stereocenters. The van der Waals surface area contributed by atoms with Gasteiger partial charge in [0.05, 0.1) is 13.4 Å². The first-order chi connectivity index (χ1) is 13.4. The molecule has 28 heavy (non-hydrogen) atoms. The Labute approximate surface area is 165 Å². The molecule has 3 rings (SSSR count). The van der Waals surface area contributed by atoms with Crippen molar-refractivity contribution in [1.82, 2.24) is 4.72 Å². The molecule has 0 spiro atoms. The highest BCUT2D eigenvalue weighted by molar-refractivity contribution is 7.89. The summed E-state index contributed by atoms with van der Waals surface area (Å²) in [4.78, 5) is 0. The Bertz CT molecular complexity index is 1240. The van der Waals surface area contributed by atoms with Crippen LogP contribution < -0.4 is 19.9 Å². The van der Waals surface area contributed by atoms with E-state index in [2.05, 4.69) is 11.3 Å². The Kier molecular flexibility index (Phi) is 5.85. The van der Waals surface area contributed by atoms with E-state index in [1.54, 1.807) is 13.2 Å². The van der Waals surface area contributed by atoms with Gasteiger partial charge in [-0.3, -0.25) is 4.72 Å². The fourth-order valence-corrected chi connectivity index (χ4v) is 3.95. The van der Waals surface area contributed by atoms with Crippen LogP contribution in [0.25, 0.3) is 22.5 Å². The molecule has 0 saturated heterocycles. The summed E-state index contributed by atoms with van der Waals surface area (Å²) in [5, 5.41) is 3.80. The standard InChI is InChI=1S/C23H23NO3S/c1-4-9-17-10-6-8-13-20(17)22(24-28(3,25)26)16-21-19-12-7-5-11-18(19)14-15-23(21)27-2/h4-15,24H,1,16H2,2-3H3/b17-9-,22-20-. The maximum atomic E-state index is 12.1. The molecule has 0 fully saturated rings. The van der Waals surface area contributed by atoms with Crippen molar-refractivity contribution in [3.05, 3.63) is 89.3 Å². The van der Waals surface area contributed by atoms with Gasteiger partial charge in [-0.05, 0) is 22.1 Å². The van der Waals surface area contributed by atoms with E-state index in [0.717, 1.165) is 38.8 Å². The Hall–Kier alpha value is -3.05. The number of allylic oxidation sites excluding steroid dienone is 1. The van der Waals surface area contributed by atoms with Gasteiger partial charge in [-0.15, -0.1) is 0 Å². The monoisotopic (exact) mass is 393 g/mol. The van der Waals surface area contributed by atoms with E-state index in [1.807, 2.05) is 66.7 Å². The third-order valence-electron chi connectivity index (χ3n) is 4.46. The molecule has 0 amide bonds. The molecule has 0 unspecified atom stereocenters. The summed E-state index contributed by atoms with van der Waals surface area (Å²) in [7, 11) is -1.84. The number of hydrogen-bond donors (Lipinski definition) is 1. The second kappa shape index (κ2) is 8.31. The van der Waals surface area contributed by atoms with Crippen LogP contribution in [0.15, 0.2) is 73.3 Å². The molecular formula is C23H23NO3S. The number of methoxy groups -OCH3 is 1. The molecule has 5 heteroatoms. The molecule has 0 saturated carbocycles. The van der Waals surface area contributed by atoms with Crippen molar-refractivity contribution in [2.24, 2.45) is 0 Å². The number of rotatable bonds is 6. The first kappa shape index (κ1) is 19.7. The third kappa shape index (κ3) is 4.43. The molecule has 0 heterocycles. The van der Waals surface area contributed by atoms with Crippen LogP contribution in [0.1, 0.15) is 5.56 Å². The molecule has 0 aliphatic rings. The average molecular weight is 394 g/mol. The summed E-state index contributed by atoms with van der Waals surface area (Å²) in [6.45, 7) is 3.76. The lowest BCUT2D eigenvalue weighted by molar-refractivity contribution is 0.411. The molecule has 1 N–H and O–H groups in total. The highest BCUT2D eigenvalue weighted by atomic mass is 32.2. The number of ether oxygens (including phenoxy) is 1. The van der Waals surface area contributed by atoms with Crippen LogP contribution in [-0.4, -0.2) is 21.8 Å². The molecule has 0 aromatic heterocycles. The van der Waals surface area contributed by atoms with Crippen molar-refractivity contribution in [2.45, 2.75) is 6.42 Å². The number of fused-ring (bicyclic) bond motifs is 1. The minimum atomic E-state index is -3.46. The van der Waals surface area contributed by atoms with E-state index in [0.29, 0.717) is 12.1 Å². The zero-order chi connectivity index (χ0) is 20.1. The van der Waals surface area contributed by atoms with Gasteiger partial charge in [0.2, 0.25) is 10.0 Å². The van der Waals surface area contributed by atoms with E-state index in [9.17, 15) is 8.42 Å². The number of nitrogens with one attached hydrogen (secondary N) is 1. The van der Waals surface area contributed by atoms with Crippen LogP contribution in [-0.2, 0) is 16.4 Å². The van der Waals surface area contributed by atoms with Crippen LogP contribution in [0.4, 0.5) is 0 Å². The van der Waals surface area contributed by atoms with Crippen molar-refractivity contribution in [3.8, 4) is 5.75 Å². The Balaban J connectivity index is 2.32. The zero-order valence-electron chi connectivity index (χ0n) is 16.0. The topological polar surface area (TPSA) is 55.4 Å². The van der Waals surface area contributed by atoms with E-state index < -0.39 is 10.0 Å².